The number of nitrogens with zero attached hydrogens (tertiary/aromatic N) is 2. The van der Waals surface area contributed by atoms with Gasteiger partial charge in [-0.2, -0.15) is 9.25 Å². The van der Waals surface area contributed by atoms with E-state index in [1.165, 1.54) is 7.11 Å². The van der Waals surface area contributed by atoms with Crippen molar-refractivity contribution in [2.45, 2.75) is 26.2 Å². The van der Waals surface area contributed by atoms with Crippen molar-refractivity contribution in [3.8, 4) is 11.4 Å². The topological polar surface area (TPSA) is 98.1 Å². The van der Waals surface area contributed by atoms with E-state index in [0.717, 1.165) is 21.0 Å². The van der Waals surface area contributed by atoms with Gasteiger partial charge in [-0.15, -0.1) is 0 Å². The van der Waals surface area contributed by atoms with E-state index in [1.807, 2.05) is 57.2 Å². The maximum atomic E-state index is 13.0. The molecule has 3 aromatic carbocycles. The Morgan fingerprint density at radius 3 is 2.44 bits per heavy atom. The van der Waals surface area contributed by atoms with Gasteiger partial charge in [-0.1, -0.05) is 63.2 Å². The Hall–Kier alpha value is -4.07. The zero-order valence-electron chi connectivity index (χ0n) is 18.3. The lowest BCUT2D eigenvalue weighted by Gasteiger charge is -2.21. The highest BCUT2D eigenvalue weighted by Gasteiger charge is 2.21. The summed E-state index contributed by atoms with van der Waals surface area (Å²) >= 11 is 0. The molecule has 164 valence electrons. The molecule has 0 radical (unpaired) electrons. The first-order valence-electron chi connectivity index (χ1n) is 10.1. The summed E-state index contributed by atoms with van der Waals surface area (Å²) < 4.78 is 6.95. The molecule has 0 saturated heterocycles. The standard InChI is InChI=1S/C24H24N4O4/c1-24(2,3)16-12-13-20(32-4)18(14-16)25-21(29)27-22(30)26-28(23(27)31)19-11-7-9-15-8-5-6-10-17(15)19/h5-14H,1-4H3,(H,25,29)(H,26,30). The number of methoxy groups -OCH3 is 1. The van der Waals surface area contributed by atoms with Gasteiger partial charge in [-0.25, -0.2) is 19.5 Å². The minimum absolute atomic E-state index is 0.169. The molecule has 2 N–H and O–H groups in total. The highest BCUT2D eigenvalue weighted by Crippen LogP contribution is 2.31. The van der Waals surface area contributed by atoms with Crippen molar-refractivity contribution < 1.29 is 9.53 Å². The maximum Gasteiger partial charge on any atom is 0.360 e. The number of anilines is 1. The molecule has 1 amide bonds. The zero-order chi connectivity index (χ0) is 23.0. The van der Waals surface area contributed by atoms with Crippen LogP contribution in [0.5, 0.6) is 5.75 Å². The summed E-state index contributed by atoms with van der Waals surface area (Å²) in [5.41, 5.74) is 0.000133. The molecule has 1 aromatic heterocycles. The van der Waals surface area contributed by atoms with E-state index in [-0.39, 0.29) is 5.41 Å². The van der Waals surface area contributed by atoms with Crippen LogP contribution in [0.15, 0.2) is 70.3 Å². The van der Waals surface area contributed by atoms with Gasteiger partial charge in [0.2, 0.25) is 0 Å². The van der Waals surface area contributed by atoms with Crippen molar-refractivity contribution >= 4 is 22.5 Å². The van der Waals surface area contributed by atoms with Crippen LogP contribution in [0.4, 0.5) is 10.5 Å². The molecule has 32 heavy (non-hydrogen) atoms. The minimum Gasteiger partial charge on any atom is -0.495 e. The number of aromatic amines is 1. The Kier molecular flexibility index (Phi) is 5.22. The zero-order valence-corrected chi connectivity index (χ0v) is 18.3. The molecule has 0 fully saturated rings. The number of nitrogens with one attached hydrogen (secondary N) is 2. The molecule has 0 saturated carbocycles. The number of H-pyrrole nitrogens is 1. The smallest absolute Gasteiger partial charge is 0.360 e. The second-order valence-corrected chi connectivity index (χ2v) is 8.46. The summed E-state index contributed by atoms with van der Waals surface area (Å²) in [5, 5.41) is 6.78. The van der Waals surface area contributed by atoms with Gasteiger partial charge in [0.1, 0.15) is 5.75 Å². The quantitative estimate of drug-likeness (QED) is 0.514. The van der Waals surface area contributed by atoms with E-state index in [2.05, 4.69) is 10.4 Å². The number of aromatic nitrogens is 3. The molecule has 1 heterocycles. The van der Waals surface area contributed by atoms with Crippen LogP contribution in [0.1, 0.15) is 26.3 Å². The van der Waals surface area contributed by atoms with E-state index in [4.69, 9.17) is 4.74 Å². The van der Waals surface area contributed by atoms with Crippen LogP contribution >= 0.6 is 0 Å². The molecule has 8 heteroatoms. The third kappa shape index (κ3) is 3.71. The van der Waals surface area contributed by atoms with Gasteiger partial charge in [0.25, 0.3) is 0 Å². The molecule has 0 aliphatic carbocycles. The SMILES string of the molecule is COc1ccc(C(C)(C)C)cc1NC(=O)n1c(=O)[nH]n(-c2cccc3ccccc23)c1=O. The molecule has 0 unspecified atom stereocenters. The lowest BCUT2D eigenvalue weighted by Crippen LogP contribution is -2.37. The summed E-state index contributed by atoms with van der Waals surface area (Å²) in [4.78, 5) is 38.6. The third-order valence-electron chi connectivity index (χ3n) is 5.31. The van der Waals surface area contributed by atoms with Crippen LogP contribution in [0.3, 0.4) is 0 Å². The minimum atomic E-state index is -0.875. The second kappa shape index (κ2) is 7.88. The lowest BCUT2D eigenvalue weighted by atomic mass is 9.87. The number of amides is 1. The van der Waals surface area contributed by atoms with Gasteiger partial charge in [0, 0.05) is 5.39 Å². The highest BCUT2D eigenvalue weighted by molar-refractivity contribution is 5.93. The number of hydrogen-bond donors (Lipinski definition) is 2. The van der Waals surface area contributed by atoms with Crippen LogP contribution in [0.2, 0.25) is 0 Å². The molecule has 0 spiro atoms. The van der Waals surface area contributed by atoms with Crippen LogP contribution < -0.4 is 21.4 Å². The average Bonchev–Trinajstić information content (AvgIpc) is 3.06. The van der Waals surface area contributed by atoms with Crippen molar-refractivity contribution in [3.63, 3.8) is 0 Å². The van der Waals surface area contributed by atoms with Crippen molar-refractivity contribution in [3.05, 3.63) is 87.2 Å². The van der Waals surface area contributed by atoms with Crippen LogP contribution in [-0.2, 0) is 5.41 Å². The molecule has 8 nitrogen and oxygen atoms in total. The first-order valence-corrected chi connectivity index (χ1v) is 10.1. The van der Waals surface area contributed by atoms with E-state index in [0.29, 0.717) is 21.7 Å². The number of benzene rings is 3. The number of hydrogen-bond acceptors (Lipinski definition) is 4. The fourth-order valence-corrected chi connectivity index (χ4v) is 3.57. The van der Waals surface area contributed by atoms with Gasteiger partial charge >= 0.3 is 17.4 Å². The number of rotatable bonds is 3. The van der Waals surface area contributed by atoms with Gasteiger partial charge in [0.05, 0.1) is 18.5 Å². The molecule has 0 atom stereocenters. The van der Waals surface area contributed by atoms with Crippen LogP contribution in [0.25, 0.3) is 16.5 Å². The summed E-state index contributed by atoms with van der Waals surface area (Å²) in [6.07, 6.45) is 0. The Morgan fingerprint density at radius 2 is 1.72 bits per heavy atom. The van der Waals surface area contributed by atoms with E-state index in [9.17, 15) is 14.4 Å². The number of ether oxygens (including phenoxy) is 1. The van der Waals surface area contributed by atoms with Gasteiger partial charge in [-0.3, -0.25) is 0 Å². The summed E-state index contributed by atoms with van der Waals surface area (Å²) in [7, 11) is 1.48. The summed E-state index contributed by atoms with van der Waals surface area (Å²) in [6, 6.07) is 17.4. The van der Waals surface area contributed by atoms with E-state index >= 15 is 0 Å². The first kappa shape index (κ1) is 21.2. The van der Waals surface area contributed by atoms with Crippen molar-refractivity contribution in [2.75, 3.05) is 12.4 Å². The third-order valence-corrected chi connectivity index (χ3v) is 5.31. The molecular weight excluding hydrogens is 408 g/mol. The maximum absolute atomic E-state index is 13.0. The summed E-state index contributed by atoms with van der Waals surface area (Å²) in [6.45, 7) is 6.12. The summed E-state index contributed by atoms with van der Waals surface area (Å²) in [5.74, 6) is 0.421. The molecule has 4 aromatic rings. The Bertz CT molecular complexity index is 1430. The van der Waals surface area contributed by atoms with E-state index in [1.54, 1.807) is 24.3 Å². The fraction of sp³-hybridized carbons (Fsp3) is 0.208. The predicted molar refractivity (Wildman–Crippen MR) is 124 cm³/mol. The molecule has 0 aliphatic rings. The number of carbonyl (C=O) groups excluding carboxylic acids is 1. The lowest BCUT2D eigenvalue weighted by molar-refractivity contribution is 0.252. The predicted octanol–water partition coefficient (Wildman–Crippen LogP) is 3.87. The molecule has 0 bridgehead atoms. The van der Waals surface area contributed by atoms with Crippen LogP contribution in [0, 0.1) is 0 Å². The molecule has 4 rings (SSSR count). The fourth-order valence-electron chi connectivity index (χ4n) is 3.57. The normalized spacial score (nSPS) is 11.5. The van der Waals surface area contributed by atoms with Gasteiger partial charge in [0.15, 0.2) is 0 Å². The average molecular weight is 432 g/mol. The Labute approximate surface area is 184 Å². The monoisotopic (exact) mass is 432 g/mol. The van der Waals surface area contributed by atoms with Crippen molar-refractivity contribution in [1.82, 2.24) is 14.3 Å². The van der Waals surface area contributed by atoms with Gasteiger partial charge < -0.3 is 10.1 Å². The van der Waals surface area contributed by atoms with E-state index < -0.39 is 17.4 Å². The van der Waals surface area contributed by atoms with Crippen molar-refractivity contribution in [2.24, 2.45) is 0 Å². The second-order valence-electron chi connectivity index (χ2n) is 8.46. The molecular formula is C24H24N4O4. The largest absolute Gasteiger partial charge is 0.495 e. The van der Waals surface area contributed by atoms with Crippen LogP contribution in [-0.4, -0.2) is 27.5 Å². The Balaban J connectivity index is 1.77. The number of fused-ring (bicyclic) bond motifs is 1. The highest BCUT2D eigenvalue weighted by atomic mass is 16.5. The molecule has 0 aliphatic heterocycles. The Morgan fingerprint density at radius 1 is 1.00 bits per heavy atom. The van der Waals surface area contributed by atoms with Gasteiger partial charge in [-0.05, 0) is 34.6 Å². The first-order chi connectivity index (χ1) is 15.2. The van der Waals surface area contributed by atoms with Crippen molar-refractivity contribution in [1.29, 1.82) is 0 Å². The number of carbonyl (C=O) groups is 1.